The first-order valence-electron chi connectivity index (χ1n) is 10.2. The predicted octanol–water partition coefficient (Wildman–Crippen LogP) is 6.17. The lowest BCUT2D eigenvalue weighted by molar-refractivity contribution is 0.287. The topological polar surface area (TPSA) is 81.2 Å². The number of nitrogens with zero attached hydrogens (tertiary/aromatic N) is 1. The molecular formula is C26H22ClN3O2S. The number of ether oxygens (including phenoxy) is 2. The zero-order valence-corrected chi connectivity index (χ0v) is 19.3. The summed E-state index contributed by atoms with van der Waals surface area (Å²) >= 11 is 10.0. The van der Waals surface area contributed by atoms with Gasteiger partial charge in [-0.15, -0.1) is 12.6 Å². The zero-order valence-electron chi connectivity index (χ0n) is 17.6. The lowest BCUT2D eigenvalue weighted by atomic mass is 10.0. The van der Waals surface area contributed by atoms with Crippen LogP contribution in [0.1, 0.15) is 16.8 Å². The zero-order chi connectivity index (χ0) is 23.2. The quantitative estimate of drug-likeness (QED) is 0.0980. The molecule has 33 heavy (non-hydrogen) atoms. The van der Waals surface area contributed by atoms with E-state index in [1.165, 1.54) is 0 Å². The third kappa shape index (κ3) is 6.14. The van der Waals surface area contributed by atoms with Gasteiger partial charge in [-0.25, -0.2) is 4.98 Å². The van der Waals surface area contributed by atoms with Crippen molar-refractivity contribution >= 4 is 52.7 Å². The Bertz CT molecular complexity index is 1290. The molecule has 0 radical (unpaired) electrons. The maximum atomic E-state index is 8.33. The second-order valence-corrected chi connectivity index (χ2v) is 8.20. The van der Waals surface area contributed by atoms with Crippen molar-refractivity contribution in [2.45, 2.75) is 12.2 Å². The molecule has 4 aromatic rings. The fourth-order valence-corrected chi connectivity index (χ4v) is 3.50. The van der Waals surface area contributed by atoms with Crippen molar-refractivity contribution in [1.82, 2.24) is 4.98 Å². The molecule has 7 heteroatoms. The number of nitrogens with one attached hydrogen (secondary N) is 1. The van der Waals surface area contributed by atoms with Crippen molar-refractivity contribution in [3.05, 3.63) is 107 Å². The number of thiol groups is 1. The van der Waals surface area contributed by atoms with Crippen LogP contribution in [0.4, 0.5) is 0 Å². The lowest BCUT2D eigenvalue weighted by Crippen LogP contribution is -2.21. The number of hydrogen-bond donors (Lipinski definition) is 3. The van der Waals surface area contributed by atoms with Crippen LogP contribution < -0.4 is 10.5 Å². The largest absolute Gasteiger partial charge is 0.487 e. The molecule has 3 aromatic carbocycles. The van der Waals surface area contributed by atoms with Crippen LogP contribution in [0.25, 0.3) is 22.6 Å². The van der Waals surface area contributed by atoms with Crippen molar-refractivity contribution in [1.29, 1.82) is 5.41 Å². The number of aromatic nitrogens is 1. The van der Waals surface area contributed by atoms with Crippen LogP contribution in [0, 0.1) is 5.41 Å². The van der Waals surface area contributed by atoms with Crippen molar-refractivity contribution in [2.24, 2.45) is 5.73 Å². The second-order valence-electron chi connectivity index (χ2n) is 7.26. The molecule has 0 spiro atoms. The molecule has 1 unspecified atom stereocenters. The Labute approximate surface area is 202 Å². The van der Waals surface area contributed by atoms with E-state index in [1.807, 2.05) is 78.9 Å². The third-order valence-corrected chi connectivity index (χ3v) is 5.23. The summed E-state index contributed by atoms with van der Waals surface area (Å²) in [6.07, 6.45) is 1.84. The van der Waals surface area contributed by atoms with Gasteiger partial charge in [-0.3, -0.25) is 11.1 Å². The van der Waals surface area contributed by atoms with Crippen molar-refractivity contribution in [2.75, 3.05) is 0 Å². The molecule has 0 aliphatic carbocycles. The molecule has 4 rings (SSSR count). The van der Waals surface area contributed by atoms with E-state index in [4.69, 9.17) is 32.2 Å². The van der Waals surface area contributed by atoms with Crippen LogP contribution in [0.15, 0.2) is 84.9 Å². The first kappa shape index (κ1) is 22.9. The van der Waals surface area contributed by atoms with Gasteiger partial charge in [0.05, 0.1) is 11.2 Å². The first-order chi connectivity index (χ1) is 16.0. The Kier molecular flexibility index (Phi) is 7.29. The standard InChI is InChI=1S/C26H22ClN3O2S/c27-20-10-5-17(6-11-20)15-23(25(28)32-26(29)33)18-8-13-22(14-9-18)31-16-21-12-7-19-3-1-2-4-24(19)30-21/h1-15,26,28,33H,16,29H2/b23-15+,28-25?. The Morgan fingerprint density at radius 3 is 2.45 bits per heavy atom. The van der Waals surface area contributed by atoms with Gasteiger partial charge in [0, 0.05) is 16.0 Å². The molecular weight excluding hydrogens is 454 g/mol. The van der Waals surface area contributed by atoms with Gasteiger partial charge in [-0.05, 0) is 53.6 Å². The molecule has 0 bridgehead atoms. The highest BCUT2D eigenvalue weighted by atomic mass is 35.5. The summed E-state index contributed by atoms with van der Waals surface area (Å²) < 4.78 is 11.2. The van der Waals surface area contributed by atoms with E-state index in [0.29, 0.717) is 23.0 Å². The summed E-state index contributed by atoms with van der Waals surface area (Å²) in [6.45, 7) is 0.352. The molecule has 5 nitrogen and oxygen atoms in total. The molecule has 0 saturated heterocycles. The van der Waals surface area contributed by atoms with E-state index in [0.717, 1.165) is 27.7 Å². The van der Waals surface area contributed by atoms with E-state index in [-0.39, 0.29) is 5.90 Å². The van der Waals surface area contributed by atoms with Crippen molar-refractivity contribution in [3.63, 3.8) is 0 Å². The Hall–Kier alpha value is -3.32. The molecule has 0 aliphatic rings. The molecule has 1 heterocycles. The van der Waals surface area contributed by atoms with E-state index in [2.05, 4.69) is 17.6 Å². The molecule has 0 aliphatic heterocycles. The highest BCUT2D eigenvalue weighted by molar-refractivity contribution is 7.80. The average Bonchev–Trinajstić information content (AvgIpc) is 2.82. The van der Waals surface area contributed by atoms with Crippen LogP contribution in [0.3, 0.4) is 0 Å². The highest BCUT2D eigenvalue weighted by Crippen LogP contribution is 2.24. The van der Waals surface area contributed by atoms with Gasteiger partial charge in [0.1, 0.15) is 12.4 Å². The number of para-hydroxylation sites is 1. The van der Waals surface area contributed by atoms with Crippen LogP contribution in [0.5, 0.6) is 5.75 Å². The van der Waals surface area contributed by atoms with Gasteiger partial charge in [0.2, 0.25) is 5.90 Å². The minimum atomic E-state index is -0.900. The summed E-state index contributed by atoms with van der Waals surface area (Å²) in [7, 11) is 0. The normalized spacial score (nSPS) is 12.4. The lowest BCUT2D eigenvalue weighted by Gasteiger charge is -2.14. The molecule has 0 saturated carbocycles. The smallest absolute Gasteiger partial charge is 0.216 e. The fourth-order valence-electron chi connectivity index (χ4n) is 3.27. The fraction of sp³-hybridized carbons (Fsp3) is 0.0769. The SMILES string of the molecule is N=C(OC(N)S)/C(=C/c1ccc(Cl)cc1)c1ccc(OCc2ccc3ccccc3n2)cc1. The van der Waals surface area contributed by atoms with Crippen molar-refractivity contribution < 1.29 is 9.47 Å². The van der Waals surface area contributed by atoms with E-state index < -0.39 is 5.56 Å². The number of halogens is 1. The van der Waals surface area contributed by atoms with Gasteiger partial charge in [-0.1, -0.05) is 60.1 Å². The predicted molar refractivity (Wildman–Crippen MR) is 138 cm³/mol. The minimum Gasteiger partial charge on any atom is -0.487 e. The Morgan fingerprint density at radius 2 is 1.73 bits per heavy atom. The summed E-state index contributed by atoms with van der Waals surface area (Å²) in [5.41, 5.74) is 8.70. The summed E-state index contributed by atoms with van der Waals surface area (Å²) in [6, 6.07) is 26.7. The summed E-state index contributed by atoms with van der Waals surface area (Å²) in [5.74, 6) is 0.611. The first-order valence-corrected chi connectivity index (χ1v) is 11.1. The number of nitrogens with two attached hydrogens (primary N) is 1. The number of benzene rings is 3. The number of fused-ring (bicyclic) bond motifs is 1. The van der Waals surface area contributed by atoms with Crippen molar-refractivity contribution in [3.8, 4) is 5.75 Å². The third-order valence-electron chi connectivity index (χ3n) is 4.87. The number of rotatable bonds is 7. The maximum Gasteiger partial charge on any atom is 0.216 e. The van der Waals surface area contributed by atoms with Gasteiger partial charge >= 0.3 is 0 Å². The second kappa shape index (κ2) is 10.5. The van der Waals surface area contributed by atoms with Gasteiger partial charge in [0.15, 0.2) is 5.56 Å². The monoisotopic (exact) mass is 475 g/mol. The van der Waals surface area contributed by atoms with Gasteiger partial charge < -0.3 is 9.47 Å². The van der Waals surface area contributed by atoms with E-state index in [1.54, 1.807) is 12.1 Å². The van der Waals surface area contributed by atoms with Crippen LogP contribution in [-0.2, 0) is 11.3 Å². The van der Waals surface area contributed by atoms with E-state index >= 15 is 0 Å². The molecule has 0 amide bonds. The van der Waals surface area contributed by atoms with Gasteiger partial charge in [0.25, 0.3) is 0 Å². The average molecular weight is 476 g/mol. The minimum absolute atomic E-state index is 0.0820. The number of pyridine rings is 1. The Morgan fingerprint density at radius 1 is 1.00 bits per heavy atom. The van der Waals surface area contributed by atoms with Crippen LogP contribution in [-0.4, -0.2) is 16.4 Å². The summed E-state index contributed by atoms with van der Waals surface area (Å²) in [5, 5.41) is 10.1. The number of hydrogen-bond acceptors (Lipinski definition) is 6. The molecule has 166 valence electrons. The van der Waals surface area contributed by atoms with Gasteiger partial charge in [-0.2, -0.15) is 0 Å². The molecule has 0 fully saturated rings. The molecule has 1 atom stereocenters. The van der Waals surface area contributed by atoms with Crippen LogP contribution >= 0.6 is 24.2 Å². The summed E-state index contributed by atoms with van der Waals surface area (Å²) in [4.78, 5) is 4.63. The Balaban J connectivity index is 1.52. The highest BCUT2D eigenvalue weighted by Gasteiger charge is 2.13. The molecule has 1 aromatic heterocycles. The van der Waals surface area contributed by atoms with Crippen LogP contribution in [0.2, 0.25) is 5.02 Å². The molecule has 3 N–H and O–H groups in total. The maximum absolute atomic E-state index is 8.33. The van der Waals surface area contributed by atoms with E-state index in [9.17, 15) is 0 Å².